The molecule has 2 aromatic heterocycles. The van der Waals surface area contributed by atoms with Crippen LogP contribution in [0.4, 0.5) is 5.69 Å². The summed E-state index contributed by atoms with van der Waals surface area (Å²) in [6.45, 7) is 4.00. The van der Waals surface area contributed by atoms with E-state index in [1.807, 2.05) is 18.8 Å². The summed E-state index contributed by atoms with van der Waals surface area (Å²) in [5, 5.41) is 0. The Morgan fingerprint density at radius 1 is 1.10 bits per heavy atom. The monoisotopic (exact) mass is 288 g/mol. The summed E-state index contributed by atoms with van der Waals surface area (Å²) < 4.78 is 0. The highest BCUT2D eigenvalue weighted by atomic mass is 16.2. The van der Waals surface area contributed by atoms with Crippen LogP contribution in [0.5, 0.6) is 0 Å². The smallest absolute Gasteiger partial charge is 0.312 e. The third-order valence-electron chi connectivity index (χ3n) is 2.69. The number of nitrogens with zero attached hydrogens (tertiary/aromatic N) is 2. The van der Waals surface area contributed by atoms with Crippen molar-refractivity contribution in [2.75, 3.05) is 4.90 Å². The minimum atomic E-state index is -0.821. The molecule has 3 heterocycles. The number of nitrogens with one attached hydrogen (secondary N) is 2. The maximum absolute atomic E-state index is 12.1. The Morgan fingerprint density at radius 2 is 1.81 bits per heavy atom. The van der Waals surface area contributed by atoms with Crippen molar-refractivity contribution >= 4 is 17.5 Å². The first-order valence-electron chi connectivity index (χ1n) is 6.25. The SMILES string of the molecule is CC.O=C1c2cccnc2C(=O)N1c1c[nH]c(=O)[nH]c1=O. The molecule has 0 radical (unpaired) electrons. The number of pyridine rings is 1. The average molecular weight is 288 g/mol. The van der Waals surface area contributed by atoms with E-state index in [-0.39, 0.29) is 16.9 Å². The summed E-state index contributed by atoms with van der Waals surface area (Å²) in [5.74, 6) is -1.34. The van der Waals surface area contributed by atoms with Gasteiger partial charge >= 0.3 is 5.69 Å². The highest BCUT2D eigenvalue weighted by Gasteiger charge is 2.39. The van der Waals surface area contributed by atoms with Gasteiger partial charge in [-0.25, -0.2) is 9.69 Å². The van der Waals surface area contributed by atoms with Gasteiger partial charge in [0.05, 0.1) is 5.56 Å². The van der Waals surface area contributed by atoms with Gasteiger partial charge in [0.1, 0.15) is 11.4 Å². The number of fused-ring (bicyclic) bond motifs is 1. The van der Waals surface area contributed by atoms with E-state index in [0.717, 1.165) is 6.20 Å². The van der Waals surface area contributed by atoms with Crippen LogP contribution in [0.2, 0.25) is 0 Å². The fourth-order valence-electron chi connectivity index (χ4n) is 1.85. The van der Waals surface area contributed by atoms with E-state index in [9.17, 15) is 19.2 Å². The van der Waals surface area contributed by atoms with E-state index >= 15 is 0 Å². The Bertz CT molecular complexity index is 786. The predicted molar refractivity (Wildman–Crippen MR) is 74.4 cm³/mol. The zero-order chi connectivity index (χ0) is 15.6. The lowest BCUT2D eigenvalue weighted by Crippen LogP contribution is -2.36. The predicted octanol–water partition coefficient (Wildman–Crippen LogP) is 0.285. The third kappa shape index (κ3) is 2.27. The molecule has 0 saturated carbocycles. The molecule has 0 aliphatic carbocycles. The number of aromatic nitrogens is 3. The van der Waals surface area contributed by atoms with Crippen LogP contribution in [0.15, 0.2) is 34.1 Å². The molecule has 1 aliphatic heterocycles. The van der Waals surface area contributed by atoms with Gasteiger partial charge in [-0.05, 0) is 12.1 Å². The molecular weight excluding hydrogens is 276 g/mol. The molecule has 3 rings (SSSR count). The van der Waals surface area contributed by atoms with E-state index in [2.05, 4.69) is 9.97 Å². The van der Waals surface area contributed by atoms with Gasteiger partial charge in [-0.1, -0.05) is 13.8 Å². The van der Waals surface area contributed by atoms with Crippen LogP contribution >= 0.6 is 0 Å². The number of H-pyrrole nitrogens is 2. The largest absolute Gasteiger partial charge is 0.325 e. The van der Waals surface area contributed by atoms with Gasteiger partial charge in [0.25, 0.3) is 17.4 Å². The molecule has 0 atom stereocenters. The lowest BCUT2D eigenvalue weighted by atomic mass is 10.2. The Balaban J connectivity index is 0.000000774. The van der Waals surface area contributed by atoms with Gasteiger partial charge in [0.15, 0.2) is 0 Å². The van der Waals surface area contributed by atoms with E-state index in [0.29, 0.717) is 4.90 Å². The van der Waals surface area contributed by atoms with E-state index < -0.39 is 23.1 Å². The lowest BCUT2D eigenvalue weighted by Gasteiger charge is -2.11. The number of carbonyl (C=O) groups is 2. The normalized spacial score (nSPS) is 12.8. The summed E-state index contributed by atoms with van der Waals surface area (Å²) in [4.78, 5) is 55.3. The van der Waals surface area contributed by atoms with Crippen LogP contribution in [-0.4, -0.2) is 26.8 Å². The molecule has 2 aromatic rings. The highest BCUT2D eigenvalue weighted by molar-refractivity contribution is 6.33. The van der Waals surface area contributed by atoms with Crippen molar-refractivity contribution < 1.29 is 9.59 Å². The third-order valence-corrected chi connectivity index (χ3v) is 2.69. The quantitative estimate of drug-likeness (QED) is 0.731. The van der Waals surface area contributed by atoms with Crippen molar-refractivity contribution in [3.8, 4) is 0 Å². The molecule has 2 amide bonds. The number of anilines is 1. The van der Waals surface area contributed by atoms with E-state index in [1.165, 1.54) is 18.3 Å². The van der Waals surface area contributed by atoms with Crippen molar-refractivity contribution in [3.05, 3.63) is 56.6 Å². The zero-order valence-electron chi connectivity index (χ0n) is 11.3. The topological polar surface area (TPSA) is 116 Å². The summed E-state index contributed by atoms with van der Waals surface area (Å²) in [7, 11) is 0. The van der Waals surface area contributed by atoms with Crippen LogP contribution in [-0.2, 0) is 0 Å². The molecule has 0 fully saturated rings. The van der Waals surface area contributed by atoms with Crippen LogP contribution in [0.3, 0.4) is 0 Å². The molecule has 8 heteroatoms. The average Bonchev–Trinajstić information content (AvgIpc) is 2.75. The van der Waals surface area contributed by atoms with Gasteiger partial charge in [-0.3, -0.25) is 24.4 Å². The number of imide groups is 1. The summed E-state index contributed by atoms with van der Waals surface area (Å²) in [6, 6.07) is 2.97. The minimum Gasteiger partial charge on any atom is -0.312 e. The molecule has 0 unspecified atom stereocenters. The van der Waals surface area contributed by atoms with E-state index in [1.54, 1.807) is 0 Å². The second-order valence-electron chi connectivity index (χ2n) is 3.80. The van der Waals surface area contributed by atoms with Gasteiger partial charge in [0.2, 0.25) is 0 Å². The van der Waals surface area contributed by atoms with Crippen molar-refractivity contribution in [1.82, 2.24) is 15.0 Å². The van der Waals surface area contributed by atoms with Gasteiger partial charge in [0, 0.05) is 12.4 Å². The second kappa shape index (κ2) is 5.53. The fourth-order valence-corrected chi connectivity index (χ4v) is 1.85. The van der Waals surface area contributed by atoms with Crippen molar-refractivity contribution in [1.29, 1.82) is 0 Å². The van der Waals surface area contributed by atoms with Crippen molar-refractivity contribution in [2.45, 2.75) is 13.8 Å². The highest BCUT2D eigenvalue weighted by Crippen LogP contribution is 2.23. The van der Waals surface area contributed by atoms with Gasteiger partial charge in [-0.15, -0.1) is 0 Å². The van der Waals surface area contributed by atoms with Crippen LogP contribution in [0.1, 0.15) is 34.7 Å². The molecule has 0 bridgehead atoms. The Morgan fingerprint density at radius 3 is 2.43 bits per heavy atom. The maximum atomic E-state index is 12.1. The first-order chi connectivity index (χ1) is 10.1. The second-order valence-corrected chi connectivity index (χ2v) is 3.80. The number of hydrogen-bond donors (Lipinski definition) is 2. The minimum absolute atomic E-state index is 0.0156. The maximum Gasteiger partial charge on any atom is 0.325 e. The fraction of sp³-hybridized carbons (Fsp3) is 0.154. The number of amides is 2. The van der Waals surface area contributed by atoms with Gasteiger partial charge in [-0.2, -0.15) is 0 Å². The molecular formula is C13H12N4O4. The molecule has 21 heavy (non-hydrogen) atoms. The summed E-state index contributed by atoms with van der Waals surface area (Å²) in [6.07, 6.45) is 2.40. The van der Waals surface area contributed by atoms with E-state index in [4.69, 9.17) is 0 Å². The Hall–Kier alpha value is -3.03. The molecule has 108 valence electrons. The molecule has 2 N–H and O–H groups in total. The summed E-state index contributed by atoms with van der Waals surface area (Å²) in [5.41, 5.74) is -1.68. The van der Waals surface area contributed by atoms with Crippen LogP contribution < -0.4 is 16.1 Å². The molecule has 1 aliphatic rings. The van der Waals surface area contributed by atoms with Crippen molar-refractivity contribution in [3.63, 3.8) is 0 Å². The Labute approximate surface area is 118 Å². The summed E-state index contributed by atoms with van der Waals surface area (Å²) >= 11 is 0. The van der Waals surface area contributed by atoms with Crippen molar-refractivity contribution in [2.24, 2.45) is 0 Å². The molecule has 0 spiro atoms. The van der Waals surface area contributed by atoms with Gasteiger partial charge < -0.3 is 4.98 Å². The zero-order valence-corrected chi connectivity index (χ0v) is 11.3. The molecule has 0 aromatic carbocycles. The van der Waals surface area contributed by atoms with Crippen LogP contribution in [0, 0.1) is 0 Å². The first-order valence-corrected chi connectivity index (χ1v) is 6.25. The Kier molecular flexibility index (Phi) is 3.79. The lowest BCUT2D eigenvalue weighted by molar-refractivity contribution is 0.0924. The number of carbonyl (C=O) groups excluding carboxylic acids is 2. The number of rotatable bonds is 1. The molecule has 8 nitrogen and oxygen atoms in total. The number of aromatic amines is 2. The van der Waals surface area contributed by atoms with Crippen LogP contribution in [0.25, 0.3) is 0 Å². The first kappa shape index (κ1) is 14.4. The number of hydrogen-bond acceptors (Lipinski definition) is 5. The standard InChI is InChI=1S/C11H6N4O4.C2H6/c16-8-6(4-13-11(19)14-8)15-9(17)5-2-1-3-12-7(5)10(15)18;1-2/h1-4H,(H2,13,14,16,19);1-2H3. The molecule has 0 saturated heterocycles.